The molecule has 0 fully saturated rings. The lowest BCUT2D eigenvalue weighted by Gasteiger charge is -2.09. The molecule has 4 aromatic rings. The van der Waals surface area contributed by atoms with E-state index in [4.69, 9.17) is 0 Å². The summed E-state index contributed by atoms with van der Waals surface area (Å²) in [5.41, 5.74) is -0.110. The van der Waals surface area contributed by atoms with Gasteiger partial charge < -0.3 is 10.6 Å². The number of carbonyl (C=O) groups is 1. The van der Waals surface area contributed by atoms with Crippen molar-refractivity contribution >= 4 is 28.9 Å². The summed E-state index contributed by atoms with van der Waals surface area (Å²) in [5, 5.41) is 9.45. The number of aromatic nitrogens is 5. The fourth-order valence-corrected chi connectivity index (χ4v) is 2.53. The summed E-state index contributed by atoms with van der Waals surface area (Å²) in [7, 11) is 0. The van der Waals surface area contributed by atoms with Crippen LogP contribution in [0.3, 0.4) is 0 Å². The molecule has 11 heteroatoms. The van der Waals surface area contributed by atoms with Crippen molar-refractivity contribution in [3.63, 3.8) is 0 Å². The Balaban J connectivity index is 1.61. The molecule has 0 radical (unpaired) electrons. The predicted octanol–water partition coefficient (Wildman–Crippen LogP) is 3.53. The van der Waals surface area contributed by atoms with Crippen molar-refractivity contribution in [1.29, 1.82) is 0 Å². The van der Waals surface area contributed by atoms with Crippen LogP contribution in [-0.2, 0) is 6.18 Å². The highest BCUT2D eigenvalue weighted by atomic mass is 19.4. The molecule has 1 amide bonds. The van der Waals surface area contributed by atoms with Crippen LogP contribution in [0.2, 0.25) is 0 Å². The molecule has 4 heterocycles. The summed E-state index contributed by atoms with van der Waals surface area (Å²) in [6, 6.07) is 8.35. The summed E-state index contributed by atoms with van der Waals surface area (Å²) in [6.45, 7) is 0. The molecule has 0 unspecified atom stereocenters. The summed E-state index contributed by atoms with van der Waals surface area (Å²) in [6.07, 6.45) is 1.38. The number of pyridine rings is 2. The highest BCUT2D eigenvalue weighted by molar-refractivity contribution is 6.08. The molecule has 8 nitrogen and oxygen atoms in total. The standard InChI is InChI=1S/C18H12F3N7O/c19-18(20,21)13-4-1-5-14(25-13)26-15-6-8-28-16(27-15)12(10-23-28)17(29)24-11-3-2-7-22-9-11/h1-10H,(H,24,29)(H,25,26,27). The van der Waals surface area contributed by atoms with Gasteiger partial charge in [-0.15, -0.1) is 0 Å². The minimum absolute atomic E-state index is 0.0300. The number of nitrogens with zero attached hydrogens (tertiary/aromatic N) is 5. The van der Waals surface area contributed by atoms with E-state index in [0.717, 1.165) is 6.07 Å². The Morgan fingerprint density at radius 3 is 2.59 bits per heavy atom. The van der Waals surface area contributed by atoms with Gasteiger partial charge in [-0.25, -0.2) is 14.5 Å². The van der Waals surface area contributed by atoms with Gasteiger partial charge in [0, 0.05) is 12.4 Å². The monoisotopic (exact) mass is 399 g/mol. The van der Waals surface area contributed by atoms with Gasteiger partial charge in [-0.3, -0.25) is 9.78 Å². The second-order valence-corrected chi connectivity index (χ2v) is 5.87. The number of nitrogens with one attached hydrogen (secondary N) is 2. The third-order valence-corrected chi connectivity index (χ3v) is 3.83. The Hall–Kier alpha value is -4.02. The van der Waals surface area contributed by atoms with Crippen molar-refractivity contribution in [1.82, 2.24) is 24.6 Å². The number of alkyl halides is 3. The van der Waals surface area contributed by atoms with Gasteiger partial charge in [0.1, 0.15) is 22.9 Å². The molecule has 4 aromatic heterocycles. The molecule has 2 N–H and O–H groups in total. The van der Waals surface area contributed by atoms with Crippen molar-refractivity contribution in [2.75, 3.05) is 10.6 Å². The Morgan fingerprint density at radius 1 is 1.00 bits per heavy atom. The maximum absolute atomic E-state index is 12.8. The molecule has 0 aliphatic rings. The molecule has 0 aliphatic heterocycles. The summed E-state index contributed by atoms with van der Waals surface area (Å²) in [5.74, 6) is -0.271. The van der Waals surface area contributed by atoms with Crippen molar-refractivity contribution in [2.24, 2.45) is 0 Å². The van der Waals surface area contributed by atoms with E-state index >= 15 is 0 Å². The van der Waals surface area contributed by atoms with E-state index in [1.807, 2.05) is 0 Å². The van der Waals surface area contributed by atoms with Crippen LogP contribution >= 0.6 is 0 Å². The molecule has 4 rings (SSSR count). The number of fused-ring (bicyclic) bond motifs is 1. The van der Waals surface area contributed by atoms with Gasteiger partial charge >= 0.3 is 6.18 Å². The average Bonchev–Trinajstić information content (AvgIpc) is 3.12. The minimum Gasteiger partial charge on any atom is -0.325 e. The van der Waals surface area contributed by atoms with Gasteiger partial charge in [-0.2, -0.15) is 18.3 Å². The van der Waals surface area contributed by atoms with Crippen LogP contribution in [-0.4, -0.2) is 30.5 Å². The Bertz CT molecular complexity index is 1180. The van der Waals surface area contributed by atoms with Crippen LogP contribution in [0.25, 0.3) is 5.65 Å². The largest absolute Gasteiger partial charge is 0.433 e. The van der Waals surface area contributed by atoms with E-state index in [9.17, 15) is 18.0 Å². The van der Waals surface area contributed by atoms with E-state index in [2.05, 4.69) is 30.7 Å². The fraction of sp³-hybridized carbons (Fsp3) is 0.0556. The zero-order chi connectivity index (χ0) is 20.4. The normalized spacial score (nSPS) is 11.4. The molecule has 0 bridgehead atoms. The van der Waals surface area contributed by atoms with E-state index in [1.54, 1.807) is 18.3 Å². The van der Waals surface area contributed by atoms with Gasteiger partial charge in [0.15, 0.2) is 5.65 Å². The summed E-state index contributed by atoms with van der Waals surface area (Å²) < 4.78 is 39.9. The van der Waals surface area contributed by atoms with Crippen molar-refractivity contribution < 1.29 is 18.0 Å². The number of carbonyl (C=O) groups excluding carboxylic acids is 1. The first-order valence-electron chi connectivity index (χ1n) is 8.27. The second kappa shape index (κ2) is 7.19. The lowest BCUT2D eigenvalue weighted by molar-refractivity contribution is -0.141. The maximum atomic E-state index is 12.8. The first-order chi connectivity index (χ1) is 13.9. The number of amides is 1. The van der Waals surface area contributed by atoms with E-state index < -0.39 is 17.8 Å². The van der Waals surface area contributed by atoms with E-state index in [1.165, 1.54) is 41.3 Å². The predicted molar refractivity (Wildman–Crippen MR) is 97.7 cm³/mol. The van der Waals surface area contributed by atoms with E-state index in [0.29, 0.717) is 5.69 Å². The lowest BCUT2D eigenvalue weighted by atomic mass is 10.3. The molecule has 29 heavy (non-hydrogen) atoms. The third kappa shape index (κ3) is 3.98. The molecule has 0 saturated heterocycles. The average molecular weight is 399 g/mol. The van der Waals surface area contributed by atoms with Gasteiger partial charge in [-0.05, 0) is 30.3 Å². The van der Waals surface area contributed by atoms with Crippen LogP contribution in [0.15, 0.2) is 61.2 Å². The zero-order valence-electron chi connectivity index (χ0n) is 14.6. The first-order valence-corrected chi connectivity index (χ1v) is 8.27. The highest BCUT2D eigenvalue weighted by Crippen LogP contribution is 2.28. The topological polar surface area (TPSA) is 97.1 Å². The minimum atomic E-state index is -4.56. The second-order valence-electron chi connectivity index (χ2n) is 5.87. The summed E-state index contributed by atoms with van der Waals surface area (Å²) >= 11 is 0. The number of anilines is 3. The van der Waals surface area contributed by atoms with Gasteiger partial charge in [0.25, 0.3) is 5.91 Å². The van der Waals surface area contributed by atoms with Crippen LogP contribution in [0.5, 0.6) is 0 Å². The molecule has 0 atom stereocenters. The van der Waals surface area contributed by atoms with Gasteiger partial charge in [0.2, 0.25) is 0 Å². The Morgan fingerprint density at radius 2 is 1.83 bits per heavy atom. The van der Waals surface area contributed by atoms with Crippen LogP contribution in [0.4, 0.5) is 30.5 Å². The molecule has 0 saturated carbocycles. The van der Waals surface area contributed by atoms with Crippen LogP contribution in [0, 0.1) is 0 Å². The molecule has 0 spiro atoms. The number of hydrogen-bond donors (Lipinski definition) is 2. The first kappa shape index (κ1) is 18.3. The molecular weight excluding hydrogens is 387 g/mol. The smallest absolute Gasteiger partial charge is 0.325 e. The Kier molecular flexibility index (Phi) is 4.55. The van der Waals surface area contributed by atoms with Crippen LogP contribution in [0.1, 0.15) is 16.1 Å². The summed E-state index contributed by atoms with van der Waals surface area (Å²) in [4.78, 5) is 24.3. The molecule has 0 aromatic carbocycles. The third-order valence-electron chi connectivity index (χ3n) is 3.83. The Labute approximate surface area is 161 Å². The van der Waals surface area contributed by atoms with Crippen LogP contribution < -0.4 is 10.6 Å². The number of halogens is 3. The molecule has 0 aliphatic carbocycles. The van der Waals surface area contributed by atoms with E-state index in [-0.39, 0.29) is 22.8 Å². The fourth-order valence-electron chi connectivity index (χ4n) is 2.53. The molecular formula is C18H12F3N7O. The number of hydrogen-bond acceptors (Lipinski definition) is 6. The SMILES string of the molecule is O=C(Nc1cccnc1)c1cnn2ccc(Nc3cccc(C(F)(F)F)n3)nc12. The zero-order valence-corrected chi connectivity index (χ0v) is 14.6. The van der Waals surface area contributed by atoms with Crippen molar-refractivity contribution in [2.45, 2.75) is 6.18 Å². The quantitative estimate of drug-likeness (QED) is 0.545. The maximum Gasteiger partial charge on any atom is 0.433 e. The molecule has 146 valence electrons. The van der Waals surface area contributed by atoms with Gasteiger partial charge in [-0.1, -0.05) is 6.07 Å². The number of rotatable bonds is 4. The van der Waals surface area contributed by atoms with Crippen molar-refractivity contribution in [3.05, 3.63) is 72.4 Å². The van der Waals surface area contributed by atoms with Crippen molar-refractivity contribution in [3.8, 4) is 0 Å². The lowest BCUT2D eigenvalue weighted by Crippen LogP contribution is -2.12. The van der Waals surface area contributed by atoms with Gasteiger partial charge in [0.05, 0.1) is 18.1 Å². The highest BCUT2D eigenvalue weighted by Gasteiger charge is 2.32.